The molecule has 3 aromatic rings. The van der Waals surface area contributed by atoms with Crippen LogP contribution in [0, 0.1) is 13.8 Å². The number of nitrogens with zero attached hydrogens (tertiary/aromatic N) is 4. The van der Waals surface area contributed by atoms with Crippen molar-refractivity contribution in [3.63, 3.8) is 0 Å². The number of likely N-dealkylation sites (N-methyl/N-ethyl adjacent to an activating group) is 1. The first kappa shape index (κ1) is 16.4. The Morgan fingerprint density at radius 3 is 2.83 bits per heavy atom. The molecule has 7 nitrogen and oxygen atoms in total. The number of amides is 1. The second kappa shape index (κ2) is 6.20. The second-order valence-electron chi connectivity index (χ2n) is 5.85. The third-order valence-corrected chi connectivity index (χ3v) is 5.07. The highest BCUT2D eigenvalue weighted by molar-refractivity contribution is 7.17. The molecule has 0 saturated carbocycles. The van der Waals surface area contributed by atoms with Gasteiger partial charge in [0.2, 0.25) is 5.91 Å². The highest BCUT2D eigenvalue weighted by Gasteiger charge is 2.17. The van der Waals surface area contributed by atoms with E-state index in [-0.39, 0.29) is 24.4 Å². The summed E-state index contributed by atoms with van der Waals surface area (Å²) >= 11 is 1.36. The van der Waals surface area contributed by atoms with Crippen LogP contribution in [-0.4, -0.2) is 37.6 Å². The first-order valence-corrected chi connectivity index (χ1v) is 8.44. The Bertz CT molecular complexity index is 969. The van der Waals surface area contributed by atoms with Crippen LogP contribution >= 0.6 is 11.3 Å². The Kier molecular flexibility index (Phi) is 4.23. The number of fused-ring (bicyclic) bond motifs is 1. The standard InChI is InChI=1S/C16H19N5O2S/c1-9-11(10(2)21(4)19-9)7-14(22)20(3)8-13-17-12-5-6-24-15(12)16(23)18-13/h5-6H,7-8H2,1-4H3,(H,17,18,23). The Hall–Kier alpha value is -2.48. The fraction of sp³-hybridized carbons (Fsp3) is 0.375. The number of H-pyrrole nitrogens is 1. The van der Waals surface area contributed by atoms with E-state index in [4.69, 9.17) is 0 Å². The van der Waals surface area contributed by atoms with Gasteiger partial charge in [-0.1, -0.05) is 0 Å². The fourth-order valence-corrected chi connectivity index (χ4v) is 3.39. The molecule has 0 radical (unpaired) electrons. The van der Waals surface area contributed by atoms with Crippen LogP contribution in [0.15, 0.2) is 16.2 Å². The highest BCUT2D eigenvalue weighted by Crippen LogP contribution is 2.15. The van der Waals surface area contributed by atoms with Crippen LogP contribution in [0.25, 0.3) is 10.2 Å². The van der Waals surface area contributed by atoms with E-state index >= 15 is 0 Å². The number of hydrogen-bond acceptors (Lipinski definition) is 5. The molecule has 0 atom stereocenters. The molecule has 0 saturated heterocycles. The van der Waals surface area contributed by atoms with Crippen molar-refractivity contribution >= 4 is 27.5 Å². The molecule has 0 aromatic carbocycles. The van der Waals surface area contributed by atoms with Gasteiger partial charge in [-0.2, -0.15) is 5.10 Å². The van der Waals surface area contributed by atoms with Crippen molar-refractivity contribution in [1.29, 1.82) is 0 Å². The zero-order valence-corrected chi connectivity index (χ0v) is 14.9. The van der Waals surface area contributed by atoms with Gasteiger partial charge in [0, 0.05) is 25.4 Å². The van der Waals surface area contributed by atoms with Crippen molar-refractivity contribution in [3.8, 4) is 0 Å². The largest absolute Gasteiger partial charge is 0.338 e. The van der Waals surface area contributed by atoms with Crippen LogP contribution < -0.4 is 5.56 Å². The zero-order valence-electron chi connectivity index (χ0n) is 14.1. The number of aromatic amines is 1. The summed E-state index contributed by atoms with van der Waals surface area (Å²) in [6.07, 6.45) is 0.285. The van der Waals surface area contributed by atoms with Gasteiger partial charge in [-0.3, -0.25) is 14.3 Å². The molecule has 8 heteroatoms. The number of nitrogens with one attached hydrogen (secondary N) is 1. The molecule has 0 bridgehead atoms. The van der Waals surface area contributed by atoms with E-state index in [0.717, 1.165) is 17.0 Å². The molecule has 24 heavy (non-hydrogen) atoms. The molecular formula is C16H19N5O2S. The SMILES string of the molecule is Cc1nn(C)c(C)c1CC(=O)N(C)Cc1nc2ccsc2c(=O)[nH]1. The topological polar surface area (TPSA) is 83.9 Å². The third kappa shape index (κ3) is 2.96. The van der Waals surface area contributed by atoms with Crippen LogP contribution in [0.1, 0.15) is 22.8 Å². The molecule has 126 valence electrons. The Morgan fingerprint density at radius 1 is 1.42 bits per heavy atom. The number of carbonyl (C=O) groups excluding carboxylic acids is 1. The lowest BCUT2D eigenvalue weighted by atomic mass is 10.1. The van der Waals surface area contributed by atoms with Crippen LogP contribution in [0.4, 0.5) is 0 Å². The number of hydrogen-bond donors (Lipinski definition) is 1. The molecule has 1 N–H and O–H groups in total. The minimum Gasteiger partial charge on any atom is -0.338 e. The average Bonchev–Trinajstić information content (AvgIpc) is 3.08. The summed E-state index contributed by atoms with van der Waals surface area (Å²) in [6, 6.07) is 1.81. The van der Waals surface area contributed by atoms with E-state index in [1.807, 2.05) is 32.3 Å². The van der Waals surface area contributed by atoms with Crippen molar-refractivity contribution < 1.29 is 4.79 Å². The van der Waals surface area contributed by atoms with E-state index in [1.165, 1.54) is 11.3 Å². The molecule has 3 aromatic heterocycles. The van der Waals surface area contributed by atoms with E-state index in [0.29, 0.717) is 16.0 Å². The second-order valence-corrected chi connectivity index (χ2v) is 6.76. The first-order chi connectivity index (χ1) is 11.4. The zero-order chi connectivity index (χ0) is 17.4. The van der Waals surface area contributed by atoms with Gasteiger partial charge >= 0.3 is 0 Å². The fourth-order valence-electron chi connectivity index (χ4n) is 2.67. The van der Waals surface area contributed by atoms with E-state index in [1.54, 1.807) is 16.6 Å². The lowest BCUT2D eigenvalue weighted by Crippen LogP contribution is -2.29. The molecule has 0 spiro atoms. The Morgan fingerprint density at radius 2 is 2.17 bits per heavy atom. The van der Waals surface area contributed by atoms with Gasteiger partial charge in [0.1, 0.15) is 10.5 Å². The number of aryl methyl sites for hydroxylation is 2. The molecule has 3 heterocycles. The smallest absolute Gasteiger partial charge is 0.268 e. The summed E-state index contributed by atoms with van der Waals surface area (Å²) < 4.78 is 2.39. The molecule has 0 aliphatic rings. The summed E-state index contributed by atoms with van der Waals surface area (Å²) in [7, 11) is 3.58. The maximum atomic E-state index is 12.5. The van der Waals surface area contributed by atoms with Crippen molar-refractivity contribution in [2.75, 3.05) is 7.05 Å². The van der Waals surface area contributed by atoms with Gasteiger partial charge < -0.3 is 9.88 Å². The van der Waals surface area contributed by atoms with Crippen molar-refractivity contribution in [2.45, 2.75) is 26.8 Å². The van der Waals surface area contributed by atoms with E-state index in [9.17, 15) is 9.59 Å². The van der Waals surface area contributed by atoms with E-state index in [2.05, 4.69) is 15.1 Å². The summed E-state index contributed by atoms with van der Waals surface area (Å²) in [5.41, 5.74) is 3.30. The number of carbonyl (C=O) groups is 1. The van der Waals surface area contributed by atoms with Crippen molar-refractivity contribution in [1.82, 2.24) is 24.6 Å². The van der Waals surface area contributed by atoms with E-state index < -0.39 is 0 Å². The van der Waals surface area contributed by atoms with Gasteiger partial charge in [-0.15, -0.1) is 11.3 Å². The van der Waals surface area contributed by atoms with Crippen molar-refractivity contribution in [3.05, 3.63) is 44.6 Å². The normalized spacial score (nSPS) is 11.2. The molecule has 0 unspecified atom stereocenters. The van der Waals surface area contributed by atoms with Gasteiger partial charge in [-0.05, 0) is 25.3 Å². The van der Waals surface area contributed by atoms with Gasteiger partial charge in [0.15, 0.2) is 0 Å². The molecule has 0 aliphatic carbocycles. The predicted octanol–water partition coefficient (Wildman–Crippen LogP) is 1.54. The summed E-state index contributed by atoms with van der Waals surface area (Å²) in [5.74, 6) is 0.448. The monoisotopic (exact) mass is 345 g/mol. The maximum Gasteiger partial charge on any atom is 0.268 e. The molecule has 1 amide bonds. The third-order valence-electron chi connectivity index (χ3n) is 4.16. The minimum absolute atomic E-state index is 0.0396. The Balaban J connectivity index is 1.77. The quantitative estimate of drug-likeness (QED) is 0.777. The van der Waals surface area contributed by atoms with Crippen molar-refractivity contribution in [2.24, 2.45) is 7.05 Å². The number of thiophene rings is 1. The lowest BCUT2D eigenvalue weighted by Gasteiger charge is -2.16. The Labute approximate surface area is 142 Å². The van der Waals surface area contributed by atoms with Gasteiger partial charge in [-0.25, -0.2) is 4.98 Å². The molecular weight excluding hydrogens is 326 g/mol. The van der Waals surface area contributed by atoms with Gasteiger partial charge in [0.05, 0.1) is 24.2 Å². The molecule has 0 aliphatic heterocycles. The predicted molar refractivity (Wildman–Crippen MR) is 93.1 cm³/mol. The summed E-state index contributed by atoms with van der Waals surface area (Å²) in [6.45, 7) is 4.11. The van der Waals surface area contributed by atoms with Crippen LogP contribution in [0.3, 0.4) is 0 Å². The number of rotatable bonds is 4. The summed E-state index contributed by atoms with van der Waals surface area (Å²) in [4.78, 5) is 33.2. The first-order valence-electron chi connectivity index (χ1n) is 7.56. The summed E-state index contributed by atoms with van der Waals surface area (Å²) in [5, 5.41) is 6.17. The lowest BCUT2D eigenvalue weighted by molar-refractivity contribution is -0.129. The van der Waals surface area contributed by atoms with Crippen LogP contribution in [-0.2, 0) is 24.8 Å². The maximum absolute atomic E-state index is 12.5. The van der Waals surface area contributed by atoms with Gasteiger partial charge in [0.25, 0.3) is 5.56 Å². The average molecular weight is 345 g/mol. The number of aromatic nitrogens is 4. The minimum atomic E-state index is -0.162. The molecule has 0 fully saturated rings. The van der Waals surface area contributed by atoms with Crippen LogP contribution in [0.2, 0.25) is 0 Å². The molecule has 3 rings (SSSR count). The highest BCUT2D eigenvalue weighted by atomic mass is 32.1. The van der Waals surface area contributed by atoms with Crippen LogP contribution in [0.5, 0.6) is 0 Å².